The Bertz CT molecular complexity index is 466. The van der Waals surface area contributed by atoms with Crippen LogP contribution in [0.3, 0.4) is 0 Å². The number of methoxy groups -OCH3 is 1. The normalized spacial score (nSPS) is 19.5. The van der Waals surface area contributed by atoms with Gasteiger partial charge in [0, 0.05) is 32.2 Å². The molecular formula is C18H27NO2. The second-order valence-corrected chi connectivity index (χ2v) is 6.43. The van der Waals surface area contributed by atoms with Crippen molar-refractivity contribution in [1.82, 2.24) is 5.32 Å². The lowest BCUT2D eigenvalue weighted by Crippen LogP contribution is -2.20. The molecule has 3 rings (SSSR count). The molecule has 1 unspecified atom stereocenters. The van der Waals surface area contributed by atoms with Crippen molar-refractivity contribution in [3.63, 3.8) is 0 Å². The molecule has 1 aromatic rings. The minimum absolute atomic E-state index is 0.409. The van der Waals surface area contributed by atoms with E-state index in [0.717, 1.165) is 37.3 Å². The maximum Gasteiger partial charge on any atom is 0.123 e. The maximum atomic E-state index is 6.04. The van der Waals surface area contributed by atoms with Gasteiger partial charge >= 0.3 is 0 Å². The smallest absolute Gasteiger partial charge is 0.123 e. The van der Waals surface area contributed by atoms with E-state index in [1.54, 1.807) is 7.11 Å². The lowest BCUT2D eigenvalue weighted by atomic mass is 10.0. The fraction of sp³-hybridized carbons (Fsp3) is 0.667. The second-order valence-electron chi connectivity index (χ2n) is 6.43. The van der Waals surface area contributed by atoms with Gasteiger partial charge in [0.05, 0.1) is 6.61 Å². The minimum atomic E-state index is 0.409. The van der Waals surface area contributed by atoms with Crippen LogP contribution in [-0.2, 0) is 4.74 Å². The average Bonchev–Trinajstić information content (AvgIpc) is 3.36. The van der Waals surface area contributed by atoms with Crippen LogP contribution in [0.15, 0.2) is 18.2 Å². The summed E-state index contributed by atoms with van der Waals surface area (Å²) in [7, 11) is 1.74. The maximum absolute atomic E-state index is 6.04. The van der Waals surface area contributed by atoms with Crippen molar-refractivity contribution < 1.29 is 9.47 Å². The third-order valence-corrected chi connectivity index (χ3v) is 4.37. The SMILES string of the molecule is COCCCOc1cc(C(C)NC2CC2)ccc1C1CC1. The number of hydrogen-bond donors (Lipinski definition) is 1. The Morgan fingerprint density at radius 1 is 1.19 bits per heavy atom. The van der Waals surface area contributed by atoms with E-state index in [9.17, 15) is 0 Å². The summed E-state index contributed by atoms with van der Waals surface area (Å²) in [5.41, 5.74) is 2.74. The van der Waals surface area contributed by atoms with Crippen molar-refractivity contribution in [3.05, 3.63) is 29.3 Å². The molecule has 0 spiro atoms. The molecule has 116 valence electrons. The van der Waals surface area contributed by atoms with E-state index in [0.29, 0.717) is 6.04 Å². The highest BCUT2D eigenvalue weighted by Crippen LogP contribution is 2.45. The number of ether oxygens (including phenoxy) is 2. The fourth-order valence-corrected chi connectivity index (χ4v) is 2.76. The number of nitrogens with one attached hydrogen (secondary N) is 1. The van der Waals surface area contributed by atoms with Gasteiger partial charge in [-0.05, 0) is 55.7 Å². The van der Waals surface area contributed by atoms with Crippen LogP contribution in [0.25, 0.3) is 0 Å². The molecule has 1 aromatic carbocycles. The molecule has 0 heterocycles. The van der Waals surface area contributed by atoms with Crippen LogP contribution in [0.2, 0.25) is 0 Å². The van der Waals surface area contributed by atoms with Gasteiger partial charge in [-0.25, -0.2) is 0 Å². The van der Waals surface area contributed by atoms with Gasteiger partial charge in [0.25, 0.3) is 0 Å². The van der Waals surface area contributed by atoms with Crippen LogP contribution in [0.1, 0.15) is 62.1 Å². The second kappa shape index (κ2) is 6.80. The van der Waals surface area contributed by atoms with Crippen molar-refractivity contribution in [3.8, 4) is 5.75 Å². The van der Waals surface area contributed by atoms with Gasteiger partial charge in [0.15, 0.2) is 0 Å². The van der Waals surface area contributed by atoms with E-state index in [1.165, 1.54) is 36.8 Å². The molecule has 0 aliphatic heterocycles. The highest BCUT2D eigenvalue weighted by molar-refractivity contribution is 5.42. The Hall–Kier alpha value is -1.06. The summed E-state index contributed by atoms with van der Waals surface area (Å²) in [5.74, 6) is 1.82. The first-order valence-corrected chi connectivity index (χ1v) is 8.29. The topological polar surface area (TPSA) is 30.5 Å². The molecule has 2 fully saturated rings. The van der Waals surface area contributed by atoms with E-state index < -0.39 is 0 Å². The van der Waals surface area contributed by atoms with Crippen LogP contribution in [0.4, 0.5) is 0 Å². The third-order valence-electron chi connectivity index (χ3n) is 4.37. The number of benzene rings is 1. The molecule has 0 amide bonds. The summed E-state index contributed by atoms with van der Waals surface area (Å²) in [6.45, 7) is 3.75. The van der Waals surface area contributed by atoms with E-state index in [-0.39, 0.29) is 0 Å². The molecule has 0 bridgehead atoms. The summed E-state index contributed by atoms with van der Waals surface area (Å²) in [4.78, 5) is 0. The van der Waals surface area contributed by atoms with E-state index >= 15 is 0 Å². The minimum Gasteiger partial charge on any atom is -0.493 e. The standard InChI is InChI=1S/C18H27NO2/c1-13(19-16-7-8-16)15-6-9-17(14-4-5-14)18(12-15)21-11-3-10-20-2/h6,9,12-14,16,19H,3-5,7-8,10-11H2,1-2H3. The molecule has 0 saturated heterocycles. The Labute approximate surface area is 128 Å². The summed E-state index contributed by atoms with van der Waals surface area (Å²) >= 11 is 0. The molecule has 2 aliphatic carbocycles. The van der Waals surface area contributed by atoms with Gasteiger partial charge in [0.1, 0.15) is 5.75 Å². The van der Waals surface area contributed by atoms with Crippen molar-refractivity contribution >= 4 is 0 Å². The predicted octanol–water partition coefficient (Wildman–Crippen LogP) is 3.79. The molecule has 3 heteroatoms. The Morgan fingerprint density at radius 2 is 2.00 bits per heavy atom. The van der Waals surface area contributed by atoms with Crippen LogP contribution >= 0.6 is 0 Å². The van der Waals surface area contributed by atoms with E-state index in [1.807, 2.05) is 0 Å². The van der Waals surface area contributed by atoms with Gasteiger partial charge in [-0.2, -0.15) is 0 Å². The molecule has 0 radical (unpaired) electrons. The molecule has 2 saturated carbocycles. The molecule has 2 aliphatic rings. The summed E-state index contributed by atoms with van der Waals surface area (Å²) in [6, 6.07) is 7.95. The molecule has 1 N–H and O–H groups in total. The van der Waals surface area contributed by atoms with Crippen molar-refractivity contribution in [2.24, 2.45) is 0 Å². The Balaban J connectivity index is 1.67. The molecular weight excluding hydrogens is 262 g/mol. The molecule has 1 atom stereocenters. The number of rotatable bonds is 9. The van der Waals surface area contributed by atoms with Crippen LogP contribution in [0.5, 0.6) is 5.75 Å². The van der Waals surface area contributed by atoms with Gasteiger partial charge < -0.3 is 14.8 Å². The molecule has 3 nitrogen and oxygen atoms in total. The van der Waals surface area contributed by atoms with Crippen LogP contribution in [0, 0.1) is 0 Å². The van der Waals surface area contributed by atoms with E-state index in [2.05, 4.69) is 30.4 Å². The first-order valence-electron chi connectivity index (χ1n) is 8.29. The van der Waals surface area contributed by atoms with Gasteiger partial charge in [-0.1, -0.05) is 12.1 Å². The lowest BCUT2D eigenvalue weighted by Gasteiger charge is -2.17. The zero-order valence-electron chi connectivity index (χ0n) is 13.2. The van der Waals surface area contributed by atoms with Crippen LogP contribution in [-0.4, -0.2) is 26.4 Å². The first-order chi connectivity index (χ1) is 10.3. The predicted molar refractivity (Wildman–Crippen MR) is 85.0 cm³/mol. The van der Waals surface area contributed by atoms with Gasteiger partial charge in [-0.3, -0.25) is 0 Å². The largest absolute Gasteiger partial charge is 0.493 e. The van der Waals surface area contributed by atoms with Crippen molar-refractivity contribution in [2.75, 3.05) is 20.3 Å². The van der Waals surface area contributed by atoms with Gasteiger partial charge in [0.2, 0.25) is 0 Å². The number of hydrogen-bond acceptors (Lipinski definition) is 3. The Kier molecular flexibility index (Phi) is 4.81. The van der Waals surface area contributed by atoms with Crippen LogP contribution < -0.4 is 10.1 Å². The summed E-state index contributed by atoms with van der Waals surface area (Å²) in [5, 5.41) is 3.66. The first kappa shape index (κ1) is 14.9. The quantitative estimate of drug-likeness (QED) is 0.702. The fourth-order valence-electron chi connectivity index (χ4n) is 2.76. The summed E-state index contributed by atoms with van der Waals surface area (Å²) in [6.07, 6.45) is 6.21. The zero-order valence-corrected chi connectivity index (χ0v) is 13.2. The van der Waals surface area contributed by atoms with E-state index in [4.69, 9.17) is 9.47 Å². The zero-order chi connectivity index (χ0) is 14.7. The third kappa shape index (κ3) is 4.21. The van der Waals surface area contributed by atoms with Crippen molar-refractivity contribution in [1.29, 1.82) is 0 Å². The van der Waals surface area contributed by atoms with Gasteiger partial charge in [-0.15, -0.1) is 0 Å². The Morgan fingerprint density at radius 3 is 2.67 bits per heavy atom. The lowest BCUT2D eigenvalue weighted by molar-refractivity contribution is 0.171. The molecule has 21 heavy (non-hydrogen) atoms. The summed E-state index contributed by atoms with van der Waals surface area (Å²) < 4.78 is 11.1. The average molecular weight is 289 g/mol. The monoisotopic (exact) mass is 289 g/mol. The van der Waals surface area contributed by atoms with Crippen molar-refractivity contribution in [2.45, 2.75) is 57.0 Å². The molecule has 0 aromatic heterocycles. The highest BCUT2D eigenvalue weighted by Gasteiger charge is 2.28. The highest BCUT2D eigenvalue weighted by atomic mass is 16.5.